The van der Waals surface area contributed by atoms with Gasteiger partial charge in [-0.1, -0.05) is 6.07 Å². The molecule has 2 aliphatic heterocycles. The fourth-order valence-electron chi connectivity index (χ4n) is 3.15. The lowest BCUT2D eigenvalue weighted by atomic mass is 9.96. The minimum atomic E-state index is -0.197. The molecule has 0 aliphatic carbocycles. The van der Waals surface area contributed by atoms with Crippen LogP contribution in [0.15, 0.2) is 18.2 Å². The molecule has 2 amide bonds. The number of piperidine rings is 1. The van der Waals surface area contributed by atoms with Gasteiger partial charge >= 0.3 is 5.97 Å². The zero-order chi connectivity index (χ0) is 17.8. The van der Waals surface area contributed by atoms with Crippen molar-refractivity contribution in [2.75, 3.05) is 31.6 Å². The summed E-state index contributed by atoms with van der Waals surface area (Å²) in [7, 11) is 0. The third-order valence-corrected chi connectivity index (χ3v) is 4.50. The maximum absolute atomic E-state index is 12.5. The Hall–Kier alpha value is -2.57. The Morgan fingerprint density at radius 1 is 1.32 bits per heavy atom. The topological polar surface area (TPSA) is 84.9 Å². The molecule has 0 bridgehead atoms. The first kappa shape index (κ1) is 17.3. The summed E-state index contributed by atoms with van der Waals surface area (Å²) in [5.41, 5.74) is 1.42. The second-order valence-electron chi connectivity index (χ2n) is 6.25. The molecular weight excluding hydrogens is 324 g/mol. The van der Waals surface area contributed by atoms with Crippen molar-refractivity contribution in [3.63, 3.8) is 0 Å². The van der Waals surface area contributed by atoms with E-state index in [1.807, 2.05) is 6.07 Å². The first-order chi connectivity index (χ1) is 12.1. The van der Waals surface area contributed by atoms with Gasteiger partial charge in [0.2, 0.25) is 5.91 Å². The predicted molar refractivity (Wildman–Crippen MR) is 90.2 cm³/mol. The Bertz CT molecular complexity index is 680. The van der Waals surface area contributed by atoms with Gasteiger partial charge in [-0.15, -0.1) is 0 Å². The third kappa shape index (κ3) is 4.10. The first-order valence-corrected chi connectivity index (χ1v) is 8.57. The number of ether oxygens (including phenoxy) is 2. The lowest BCUT2D eigenvalue weighted by Crippen LogP contribution is -2.41. The maximum atomic E-state index is 12.5. The summed E-state index contributed by atoms with van der Waals surface area (Å²) >= 11 is 0. The number of likely N-dealkylation sites (tertiary alicyclic amines) is 1. The van der Waals surface area contributed by atoms with Crippen molar-refractivity contribution in [1.29, 1.82) is 0 Å². The van der Waals surface area contributed by atoms with Crippen LogP contribution in [-0.2, 0) is 25.5 Å². The highest BCUT2D eigenvalue weighted by atomic mass is 16.5. The van der Waals surface area contributed by atoms with E-state index in [-0.39, 0.29) is 36.7 Å². The molecule has 134 valence electrons. The van der Waals surface area contributed by atoms with Crippen LogP contribution >= 0.6 is 0 Å². The summed E-state index contributed by atoms with van der Waals surface area (Å²) in [5.74, 6) is 0.161. The van der Waals surface area contributed by atoms with Gasteiger partial charge in [-0.2, -0.15) is 0 Å². The molecule has 0 radical (unpaired) electrons. The average Bonchev–Trinajstić information content (AvgIpc) is 2.61. The number of carbonyl (C=O) groups is 3. The first-order valence-electron chi connectivity index (χ1n) is 8.57. The molecule has 1 fully saturated rings. The molecule has 7 heteroatoms. The fraction of sp³-hybridized carbons (Fsp3) is 0.500. The molecule has 3 rings (SSSR count). The van der Waals surface area contributed by atoms with Crippen molar-refractivity contribution in [1.82, 2.24) is 4.90 Å². The van der Waals surface area contributed by atoms with Crippen LogP contribution in [0, 0.1) is 5.92 Å². The van der Waals surface area contributed by atoms with E-state index in [1.165, 1.54) is 0 Å². The Labute approximate surface area is 146 Å². The normalized spacial score (nSPS) is 17.3. The van der Waals surface area contributed by atoms with Gasteiger partial charge in [0.1, 0.15) is 5.75 Å². The van der Waals surface area contributed by atoms with E-state index in [1.54, 1.807) is 24.0 Å². The van der Waals surface area contributed by atoms with Crippen molar-refractivity contribution < 1.29 is 23.9 Å². The number of hydrogen-bond donors (Lipinski definition) is 1. The van der Waals surface area contributed by atoms with Crippen LogP contribution in [0.3, 0.4) is 0 Å². The minimum absolute atomic E-state index is 0.0146. The second-order valence-corrected chi connectivity index (χ2v) is 6.25. The quantitative estimate of drug-likeness (QED) is 0.832. The lowest BCUT2D eigenvalue weighted by Gasteiger charge is -2.31. The lowest BCUT2D eigenvalue weighted by molar-refractivity contribution is -0.151. The largest absolute Gasteiger partial charge is 0.482 e. The highest BCUT2D eigenvalue weighted by Crippen LogP contribution is 2.29. The number of nitrogens with one attached hydrogen (secondary N) is 1. The van der Waals surface area contributed by atoms with Gasteiger partial charge in [0.05, 0.1) is 24.6 Å². The molecule has 0 unspecified atom stereocenters. The van der Waals surface area contributed by atoms with E-state index >= 15 is 0 Å². The summed E-state index contributed by atoms with van der Waals surface area (Å²) in [6, 6.07) is 5.37. The van der Waals surface area contributed by atoms with Crippen molar-refractivity contribution in [3.8, 4) is 5.75 Å². The number of hydrogen-bond acceptors (Lipinski definition) is 5. The summed E-state index contributed by atoms with van der Waals surface area (Å²) < 4.78 is 10.4. The molecule has 1 saturated heterocycles. The Morgan fingerprint density at radius 3 is 2.80 bits per heavy atom. The van der Waals surface area contributed by atoms with Crippen molar-refractivity contribution >= 4 is 23.5 Å². The molecule has 0 spiro atoms. The maximum Gasteiger partial charge on any atom is 0.309 e. The zero-order valence-electron chi connectivity index (χ0n) is 14.2. The van der Waals surface area contributed by atoms with E-state index in [4.69, 9.17) is 9.47 Å². The van der Waals surface area contributed by atoms with Crippen molar-refractivity contribution in [2.45, 2.75) is 26.2 Å². The molecule has 1 aromatic rings. The van der Waals surface area contributed by atoms with Gasteiger partial charge in [-0.05, 0) is 37.5 Å². The van der Waals surface area contributed by atoms with Crippen LogP contribution < -0.4 is 10.1 Å². The second kappa shape index (κ2) is 7.55. The molecule has 1 N–H and O–H groups in total. The summed E-state index contributed by atoms with van der Waals surface area (Å²) in [4.78, 5) is 37.4. The van der Waals surface area contributed by atoms with Crippen molar-refractivity contribution in [2.24, 2.45) is 5.92 Å². The fourth-order valence-corrected chi connectivity index (χ4v) is 3.15. The molecule has 0 atom stereocenters. The minimum Gasteiger partial charge on any atom is -0.482 e. The summed E-state index contributed by atoms with van der Waals surface area (Å²) in [6.45, 7) is 3.32. The number of amides is 2. The van der Waals surface area contributed by atoms with Crippen LogP contribution in [-0.4, -0.2) is 49.0 Å². The van der Waals surface area contributed by atoms with Gasteiger partial charge in [-0.25, -0.2) is 0 Å². The van der Waals surface area contributed by atoms with Crippen LogP contribution in [0.5, 0.6) is 5.75 Å². The molecule has 0 saturated carbocycles. The molecule has 7 nitrogen and oxygen atoms in total. The predicted octanol–water partition coefficient (Wildman–Crippen LogP) is 1.36. The van der Waals surface area contributed by atoms with E-state index in [2.05, 4.69) is 5.32 Å². The number of fused-ring (bicyclic) bond motifs is 1. The SMILES string of the molecule is CCOC(=O)C1CCN(C(=O)Cc2ccc3c(c2)NC(=O)CO3)CC1. The van der Waals surface area contributed by atoms with Gasteiger partial charge in [0, 0.05) is 13.1 Å². The average molecular weight is 346 g/mol. The van der Waals surface area contributed by atoms with E-state index < -0.39 is 0 Å². The van der Waals surface area contributed by atoms with Crippen LogP contribution in [0.25, 0.3) is 0 Å². The Balaban J connectivity index is 1.56. The number of benzene rings is 1. The number of esters is 1. The van der Waals surface area contributed by atoms with Gasteiger partial charge < -0.3 is 19.7 Å². The standard InChI is InChI=1S/C18H22N2O5/c1-2-24-18(23)13-5-7-20(8-6-13)17(22)10-12-3-4-15-14(9-12)19-16(21)11-25-15/h3-4,9,13H,2,5-8,10-11H2,1H3,(H,19,21). The van der Waals surface area contributed by atoms with E-state index in [0.717, 1.165) is 5.56 Å². The monoisotopic (exact) mass is 346 g/mol. The molecule has 0 aromatic heterocycles. The van der Waals surface area contributed by atoms with Gasteiger partial charge in [0.15, 0.2) is 6.61 Å². The highest BCUT2D eigenvalue weighted by Gasteiger charge is 2.28. The van der Waals surface area contributed by atoms with E-state index in [0.29, 0.717) is 44.0 Å². The van der Waals surface area contributed by atoms with Crippen LogP contribution in [0.4, 0.5) is 5.69 Å². The molecule has 25 heavy (non-hydrogen) atoms. The number of anilines is 1. The number of carbonyl (C=O) groups excluding carboxylic acids is 3. The number of nitrogens with zero attached hydrogens (tertiary/aromatic N) is 1. The molecule has 2 heterocycles. The summed E-state index contributed by atoms with van der Waals surface area (Å²) in [5, 5.41) is 2.74. The third-order valence-electron chi connectivity index (χ3n) is 4.50. The van der Waals surface area contributed by atoms with Crippen LogP contribution in [0.1, 0.15) is 25.3 Å². The Morgan fingerprint density at radius 2 is 2.08 bits per heavy atom. The highest BCUT2D eigenvalue weighted by molar-refractivity contribution is 5.95. The van der Waals surface area contributed by atoms with E-state index in [9.17, 15) is 14.4 Å². The smallest absolute Gasteiger partial charge is 0.309 e. The van der Waals surface area contributed by atoms with Crippen molar-refractivity contribution in [3.05, 3.63) is 23.8 Å². The molecule has 2 aliphatic rings. The number of rotatable bonds is 4. The van der Waals surface area contributed by atoms with Gasteiger partial charge in [0.25, 0.3) is 5.91 Å². The zero-order valence-corrected chi connectivity index (χ0v) is 14.2. The van der Waals surface area contributed by atoms with Crippen LogP contribution in [0.2, 0.25) is 0 Å². The Kier molecular flexibility index (Phi) is 5.21. The summed E-state index contributed by atoms with van der Waals surface area (Å²) in [6.07, 6.45) is 1.53. The molecule has 1 aromatic carbocycles. The van der Waals surface area contributed by atoms with Gasteiger partial charge in [-0.3, -0.25) is 14.4 Å². The molecular formula is C18H22N2O5.